The van der Waals surface area contributed by atoms with E-state index in [9.17, 15) is 5.11 Å². The highest BCUT2D eigenvalue weighted by Gasteiger charge is 2.22. The molecule has 5 N–H and O–H groups in total. The van der Waals surface area contributed by atoms with Gasteiger partial charge in [-0.25, -0.2) is 10.8 Å². The van der Waals surface area contributed by atoms with E-state index in [1.165, 1.54) is 0 Å². The van der Waals surface area contributed by atoms with Gasteiger partial charge in [-0.2, -0.15) is 0 Å². The number of hydrogen-bond donors (Lipinski definition) is 4. The first-order valence-corrected chi connectivity index (χ1v) is 5.63. The normalized spacial score (nSPS) is 24.4. The van der Waals surface area contributed by atoms with Gasteiger partial charge in [-0.05, 0) is 37.3 Å². The number of anilines is 2. The van der Waals surface area contributed by atoms with Crippen molar-refractivity contribution in [1.29, 1.82) is 0 Å². The van der Waals surface area contributed by atoms with Gasteiger partial charge in [-0.1, -0.05) is 6.07 Å². The molecule has 1 saturated carbocycles. The van der Waals surface area contributed by atoms with E-state index in [4.69, 9.17) is 5.84 Å². The van der Waals surface area contributed by atoms with Crippen LogP contribution in [0, 0.1) is 5.92 Å². The summed E-state index contributed by atoms with van der Waals surface area (Å²) < 4.78 is 0. The first kappa shape index (κ1) is 11.2. The van der Waals surface area contributed by atoms with Crippen molar-refractivity contribution in [2.45, 2.75) is 25.4 Å². The lowest BCUT2D eigenvalue weighted by atomic mass is 10.1. The maximum absolute atomic E-state index is 9.41. The van der Waals surface area contributed by atoms with Crippen LogP contribution in [0.2, 0.25) is 0 Å². The van der Waals surface area contributed by atoms with Crippen molar-refractivity contribution in [2.24, 2.45) is 11.8 Å². The van der Waals surface area contributed by atoms with E-state index in [2.05, 4.69) is 15.7 Å². The number of nitrogens with zero attached hydrogens (tertiary/aromatic N) is 1. The standard InChI is InChI=1S/C11H18N4O/c12-15-11-3-1-2-10(14-11)13-7-8-4-5-9(16)6-8/h1-3,8-9,16H,4-7,12H2,(H2,13,14,15). The number of nitrogens with one attached hydrogen (secondary N) is 2. The summed E-state index contributed by atoms with van der Waals surface area (Å²) in [5.74, 6) is 7.30. The Morgan fingerprint density at radius 3 is 2.88 bits per heavy atom. The summed E-state index contributed by atoms with van der Waals surface area (Å²) in [4.78, 5) is 4.26. The third-order valence-electron chi connectivity index (χ3n) is 2.98. The van der Waals surface area contributed by atoms with E-state index in [0.29, 0.717) is 11.7 Å². The smallest absolute Gasteiger partial charge is 0.142 e. The monoisotopic (exact) mass is 222 g/mol. The number of aliphatic hydroxyl groups is 1. The second-order valence-electron chi connectivity index (χ2n) is 4.27. The molecule has 1 heterocycles. The number of hydrazine groups is 1. The van der Waals surface area contributed by atoms with E-state index < -0.39 is 0 Å². The Morgan fingerprint density at radius 1 is 1.38 bits per heavy atom. The zero-order chi connectivity index (χ0) is 11.4. The minimum absolute atomic E-state index is 0.114. The highest BCUT2D eigenvalue weighted by atomic mass is 16.3. The van der Waals surface area contributed by atoms with Gasteiger partial charge in [0, 0.05) is 6.54 Å². The summed E-state index contributed by atoms with van der Waals surface area (Å²) in [6, 6.07) is 5.62. The van der Waals surface area contributed by atoms with Crippen LogP contribution in [0.25, 0.3) is 0 Å². The molecule has 0 saturated heterocycles. The fraction of sp³-hybridized carbons (Fsp3) is 0.545. The van der Waals surface area contributed by atoms with Crippen LogP contribution in [0.15, 0.2) is 18.2 Å². The molecule has 5 nitrogen and oxygen atoms in total. The van der Waals surface area contributed by atoms with Crippen molar-refractivity contribution in [3.63, 3.8) is 0 Å². The zero-order valence-electron chi connectivity index (χ0n) is 9.19. The van der Waals surface area contributed by atoms with Gasteiger partial charge in [-0.15, -0.1) is 0 Å². The minimum Gasteiger partial charge on any atom is -0.393 e. The van der Waals surface area contributed by atoms with Crippen LogP contribution in [0.1, 0.15) is 19.3 Å². The summed E-state index contributed by atoms with van der Waals surface area (Å²) >= 11 is 0. The van der Waals surface area contributed by atoms with Gasteiger partial charge in [0.25, 0.3) is 0 Å². The molecule has 0 radical (unpaired) electrons. The predicted molar refractivity (Wildman–Crippen MR) is 63.9 cm³/mol. The summed E-state index contributed by atoms with van der Waals surface area (Å²) in [6.45, 7) is 0.859. The average molecular weight is 222 g/mol. The molecule has 5 heteroatoms. The molecule has 2 atom stereocenters. The van der Waals surface area contributed by atoms with Crippen molar-refractivity contribution in [3.8, 4) is 0 Å². The lowest BCUT2D eigenvalue weighted by Gasteiger charge is -2.11. The number of pyridine rings is 1. The van der Waals surface area contributed by atoms with Gasteiger partial charge in [0.05, 0.1) is 6.10 Å². The van der Waals surface area contributed by atoms with Crippen molar-refractivity contribution in [2.75, 3.05) is 17.3 Å². The van der Waals surface area contributed by atoms with E-state index in [0.717, 1.165) is 31.6 Å². The topological polar surface area (TPSA) is 83.2 Å². The Balaban J connectivity index is 1.84. The summed E-state index contributed by atoms with van der Waals surface area (Å²) in [7, 11) is 0. The van der Waals surface area contributed by atoms with Crippen molar-refractivity contribution >= 4 is 11.6 Å². The largest absolute Gasteiger partial charge is 0.393 e. The molecule has 1 aromatic rings. The van der Waals surface area contributed by atoms with E-state index in [-0.39, 0.29) is 6.10 Å². The molecule has 1 aromatic heterocycles. The summed E-state index contributed by atoms with van der Waals surface area (Å²) in [5.41, 5.74) is 2.51. The number of nitrogens with two attached hydrogens (primary N) is 1. The molecule has 1 fully saturated rings. The molecule has 0 aromatic carbocycles. The molecule has 88 valence electrons. The Hall–Kier alpha value is -1.33. The lowest BCUT2D eigenvalue weighted by Crippen LogP contribution is -2.14. The quantitative estimate of drug-likeness (QED) is 0.450. The van der Waals surface area contributed by atoms with Crippen LogP contribution in [-0.2, 0) is 0 Å². The molecule has 0 bridgehead atoms. The van der Waals surface area contributed by atoms with Crippen LogP contribution in [-0.4, -0.2) is 22.7 Å². The van der Waals surface area contributed by atoms with Crippen LogP contribution >= 0.6 is 0 Å². The highest BCUT2D eigenvalue weighted by Crippen LogP contribution is 2.25. The molecular formula is C11H18N4O. The molecule has 0 spiro atoms. The van der Waals surface area contributed by atoms with Crippen molar-refractivity contribution in [1.82, 2.24) is 4.98 Å². The first-order chi connectivity index (χ1) is 7.78. The van der Waals surface area contributed by atoms with Crippen LogP contribution in [0.3, 0.4) is 0 Å². The molecule has 16 heavy (non-hydrogen) atoms. The van der Waals surface area contributed by atoms with Crippen LogP contribution in [0.4, 0.5) is 11.6 Å². The summed E-state index contributed by atoms with van der Waals surface area (Å²) in [5, 5.41) is 12.7. The Bertz CT molecular complexity index is 345. The Labute approximate surface area is 95.0 Å². The number of rotatable bonds is 4. The van der Waals surface area contributed by atoms with E-state index >= 15 is 0 Å². The number of aliphatic hydroxyl groups excluding tert-OH is 1. The second kappa shape index (κ2) is 5.14. The van der Waals surface area contributed by atoms with Crippen molar-refractivity contribution < 1.29 is 5.11 Å². The number of hydrogen-bond acceptors (Lipinski definition) is 5. The minimum atomic E-state index is -0.114. The van der Waals surface area contributed by atoms with Gasteiger partial charge in [0.15, 0.2) is 0 Å². The van der Waals surface area contributed by atoms with Gasteiger partial charge >= 0.3 is 0 Å². The fourth-order valence-corrected chi connectivity index (χ4v) is 2.10. The maximum atomic E-state index is 9.41. The molecule has 2 rings (SSSR count). The first-order valence-electron chi connectivity index (χ1n) is 5.63. The van der Waals surface area contributed by atoms with Crippen molar-refractivity contribution in [3.05, 3.63) is 18.2 Å². The molecule has 2 unspecified atom stereocenters. The van der Waals surface area contributed by atoms with Gasteiger partial charge in [0.2, 0.25) is 0 Å². The maximum Gasteiger partial charge on any atom is 0.142 e. The van der Waals surface area contributed by atoms with E-state index in [1.807, 2.05) is 18.2 Å². The Kier molecular flexibility index (Phi) is 3.58. The molecule has 1 aliphatic rings. The van der Waals surface area contributed by atoms with Crippen LogP contribution in [0.5, 0.6) is 0 Å². The SMILES string of the molecule is NNc1cccc(NCC2CCC(O)C2)n1. The van der Waals surface area contributed by atoms with Gasteiger partial charge in [-0.3, -0.25) is 0 Å². The summed E-state index contributed by atoms with van der Waals surface area (Å²) in [6.07, 6.45) is 2.78. The number of aromatic nitrogens is 1. The van der Waals surface area contributed by atoms with Crippen LogP contribution < -0.4 is 16.6 Å². The lowest BCUT2D eigenvalue weighted by molar-refractivity contribution is 0.178. The fourth-order valence-electron chi connectivity index (χ4n) is 2.10. The molecule has 1 aliphatic carbocycles. The third kappa shape index (κ3) is 2.84. The highest BCUT2D eigenvalue weighted by molar-refractivity contribution is 5.44. The van der Waals surface area contributed by atoms with E-state index in [1.54, 1.807) is 0 Å². The number of nitrogen functional groups attached to an aromatic ring is 1. The Morgan fingerprint density at radius 2 is 2.19 bits per heavy atom. The molecule has 0 aliphatic heterocycles. The molecule has 0 amide bonds. The average Bonchev–Trinajstić information content (AvgIpc) is 2.73. The zero-order valence-corrected chi connectivity index (χ0v) is 9.19. The molecular weight excluding hydrogens is 204 g/mol. The van der Waals surface area contributed by atoms with Gasteiger partial charge in [0.1, 0.15) is 11.6 Å². The predicted octanol–water partition coefficient (Wildman–Crippen LogP) is 0.940. The van der Waals surface area contributed by atoms with Gasteiger partial charge < -0.3 is 15.8 Å². The third-order valence-corrected chi connectivity index (χ3v) is 2.98. The second-order valence-corrected chi connectivity index (χ2v) is 4.27.